The van der Waals surface area contributed by atoms with Gasteiger partial charge in [0.25, 0.3) is 0 Å². The summed E-state index contributed by atoms with van der Waals surface area (Å²) >= 11 is 0. The van der Waals surface area contributed by atoms with Crippen LogP contribution < -0.4 is 10.2 Å². The zero-order chi connectivity index (χ0) is 28.2. The maximum absolute atomic E-state index is 13.3. The van der Waals surface area contributed by atoms with Crippen LogP contribution in [0.3, 0.4) is 0 Å². The first kappa shape index (κ1) is 28.8. The standard InChI is InChI=1S/C30H38F3N5O/c1-29(2,3)23-5-8-26(9-6-23)37-18-16-36(17-19-37)13-12-28(39)38-14-10-24(11-15-38)35-25-7-4-22(21-34)27(20-25)30(31,32)33/h4-9,20,24,35H,10-19H2,1-3H3. The number of rotatable bonds is 6. The Morgan fingerprint density at radius 3 is 2.18 bits per heavy atom. The van der Waals surface area contributed by atoms with E-state index < -0.39 is 11.7 Å². The molecule has 0 bridgehead atoms. The molecule has 0 spiro atoms. The number of halogens is 3. The molecule has 2 saturated heterocycles. The Bertz CT molecular complexity index is 1170. The number of anilines is 2. The van der Waals surface area contributed by atoms with Crippen LogP contribution in [0.5, 0.6) is 0 Å². The average Bonchev–Trinajstić information content (AvgIpc) is 2.91. The van der Waals surface area contributed by atoms with Crippen molar-refractivity contribution in [1.82, 2.24) is 9.80 Å². The number of amides is 1. The molecule has 39 heavy (non-hydrogen) atoms. The SMILES string of the molecule is CC(C)(C)c1ccc(N2CCN(CCC(=O)N3CCC(Nc4ccc(C#N)c(C(F)(F)F)c4)CC3)CC2)cc1. The van der Waals surface area contributed by atoms with Gasteiger partial charge in [-0.1, -0.05) is 32.9 Å². The zero-order valence-corrected chi connectivity index (χ0v) is 23.0. The molecule has 1 amide bonds. The predicted molar refractivity (Wildman–Crippen MR) is 148 cm³/mol. The topological polar surface area (TPSA) is 62.6 Å². The average molecular weight is 542 g/mol. The van der Waals surface area contributed by atoms with Crippen molar-refractivity contribution in [1.29, 1.82) is 5.26 Å². The van der Waals surface area contributed by atoms with Crippen molar-refractivity contribution in [3.8, 4) is 6.07 Å². The largest absolute Gasteiger partial charge is 0.417 e. The van der Waals surface area contributed by atoms with Crippen LogP contribution in [0.25, 0.3) is 0 Å². The summed E-state index contributed by atoms with van der Waals surface area (Å²) in [7, 11) is 0. The van der Waals surface area contributed by atoms with Gasteiger partial charge in [0.1, 0.15) is 0 Å². The van der Waals surface area contributed by atoms with Gasteiger partial charge in [0.05, 0.1) is 17.2 Å². The molecule has 2 aromatic carbocycles. The summed E-state index contributed by atoms with van der Waals surface area (Å²) in [5, 5.41) is 12.1. The lowest BCUT2D eigenvalue weighted by Gasteiger charge is -2.37. The smallest absolute Gasteiger partial charge is 0.382 e. The van der Waals surface area contributed by atoms with E-state index in [0.29, 0.717) is 38.0 Å². The quantitative estimate of drug-likeness (QED) is 0.524. The molecule has 4 rings (SSSR count). The van der Waals surface area contributed by atoms with Crippen molar-refractivity contribution in [2.45, 2.75) is 57.7 Å². The molecule has 0 radical (unpaired) electrons. The second-order valence-corrected chi connectivity index (χ2v) is 11.5. The summed E-state index contributed by atoms with van der Waals surface area (Å²) < 4.78 is 39.8. The summed E-state index contributed by atoms with van der Waals surface area (Å²) in [6.07, 6.45) is -2.77. The molecule has 0 saturated carbocycles. The van der Waals surface area contributed by atoms with E-state index in [1.54, 1.807) is 6.07 Å². The molecule has 0 aliphatic carbocycles. The van der Waals surface area contributed by atoms with Crippen LogP contribution >= 0.6 is 0 Å². The maximum Gasteiger partial charge on any atom is 0.417 e. The van der Waals surface area contributed by atoms with Gasteiger partial charge < -0.3 is 15.1 Å². The Kier molecular flexibility index (Phi) is 8.75. The third-order valence-corrected chi connectivity index (χ3v) is 7.78. The number of nitrogens with zero attached hydrogens (tertiary/aromatic N) is 4. The minimum Gasteiger partial charge on any atom is -0.382 e. The van der Waals surface area contributed by atoms with Crippen molar-refractivity contribution in [2.24, 2.45) is 0 Å². The highest BCUT2D eigenvalue weighted by Gasteiger charge is 2.34. The van der Waals surface area contributed by atoms with Crippen LogP contribution in [0.4, 0.5) is 24.5 Å². The predicted octanol–water partition coefficient (Wildman–Crippen LogP) is 5.49. The second kappa shape index (κ2) is 11.9. The van der Waals surface area contributed by atoms with Gasteiger partial charge in [0, 0.05) is 69.7 Å². The Balaban J connectivity index is 1.19. The van der Waals surface area contributed by atoms with E-state index in [9.17, 15) is 18.0 Å². The van der Waals surface area contributed by atoms with E-state index in [1.165, 1.54) is 23.4 Å². The Morgan fingerprint density at radius 1 is 0.974 bits per heavy atom. The molecule has 0 aromatic heterocycles. The second-order valence-electron chi connectivity index (χ2n) is 11.5. The first-order valence-corrected chi connectivity index (χ1v) is 13.7. The number of hydrogen-bond acceptors (Lipinski definition) is 5. The Morgan fingerprint density at radius 2 is 1.62 bits per heavy atom. The van der Waals surface area contributed by atoms with Gasteiger partial charge in [-0.25, -0.2) is 0 Å². The number of carbonyl (C=O) groups is 1. The molecule has 1 N–H and O–H groups in total. The number of nitriles is 1. The number of likely N-dealkylation sites (tertiary alicyclic amines) is 1. The lowest BCUT2D eigenvalue weighted by atomic mass is 9.87. The van der Waals surface area contributed by atoms with E-state index in [0.717, 1.165) is 38.8 Å². The normalized spacial score (nSPS) is 17.7. The number of alkyl halides is 3. The fraction of sp³-hybridized carbons (Fsp3) is 0.533. The summed E-state index contributed by atoms with van der Waals surface area (Å²) in [6.45, 7) is 12.3. The van der Waals surface area contributed by atoms with Crippen LogP contribution in [-0.4, -0.2) is 67.6 Å². The first-order valence-electron chi connectivity index (χ1n) is 13.7. The van der Waals surface area contributed by atoms with E-state index in [1.807, 2.05) is 4.90 Å². The third kappa shape index (κ3) is 7.45. The molecule has 2 heterocycles. The lowest BCUT2D eigenvalue weighted by Crippen LogP contribution is -2.48. The molecular weight excluding hydrogens is 503 g/mol. The first-order chi connectivity index (χ1) is 18.4. The van der Waals surface area contributed by atoms with Gasteiger partial charge in [0.15, 0.2) is 0 Å². The molecule has 6 nitrogen and oxygen atoms in total. The molecule has 2 fully saturated rings. The van der Waals surface area contributed by atoms with Gasteiger partial charge in [-0.15, -0.1) is 0 Å². The van der Waals surface area contributed by atoms with Crippen molar-refractivity contribution >= 4 is 17.3 Å². The maximum atomic E-state index is 13.3. The van der Waals surface area contributed by atoms with E-state index >= 15 is 0 Å². The molecule has 2 aliphatic heterocycles. The number of carbonyl (C=O) groups excluding carboxylic acids is 1. The van der Waals surface area contributed by atoms with Crippen LogP contribution in [0.15, 0.2) is 42.5 Å². The number of piperazine rings is 1. The van der Waals surface area contributed by atoms with Gasteiger partial charge in [0.2, 0.25) is 5.91 Å². The van der Waals surface area contributed by atoms with Crippen LogP contribution in [-0.2, 0) is 16.4 Å². The van der Waals surface area contributed by atoms with E-state index in [-0.39, 0.29) is 22.9 Å². The molecule has 2 aromatic rings. The molecule has 9 heteroatoms. The molecule has 0 unspecified atom stereocenters. The van der Waals surface area contributed by atoms with E-state index in [4.69, 9.17) is 5.26 Å². The fourth-order valence-electron chi connectivity index (χ4n) is 5.29. The van der Waals surface area contributed by atoms with Crippen LogP contribution in [0.2, 0.25) is 0 Å². The highest BCUT2D eigenvalue weighted by molar-refractivity contribution is 5.76. The lowest BCUT2D eigenvalue weighted by molar-refractivity contribution is -0.137. The summed E-state index contributed by atoms with van der Waals surface area (Å²) in [5.41, 5.74) is 1.74. The van der Waals surface area contributed by atoms with Crippen molar-refractivity contribution in [3.05, 3.63) is 59.2 Å². The van der Waals surface area contributed by atoms with Gasteiger partial charge >= 0.3 is 6.18 Å². The highest BCUT2D eigenvalue weighted by Crippen LogP contribution is 2.34. The molecule has 2 aliphatic rings. The number of piperidine rings is 1. The number of nitrogens with one attached hydrogen (secondary N) is 1. The van der Waals surface area contributed by atoms with Crippen molar-refractivity contribution < 1.29 is 18.0 Å². The molecular formula is C30H38F3N5O. The van der Waals surface area contributed by atoms with Crippen LogP contribution in [0.1, 0.15) is 56.7 Å². The van der Waals surface area contributed by atoms with E-state index in [2.05, 4.69) is 60.2 Å². The third-order valence-electron chi connectivity index (χ3n) is 7.78. The van der Waals surface area contributed by atoms with Crippen molar-refractivity contribution in [3.63, 3.8) is 0 Å². The summed E-state index contributed by atoms with van der Waals surface area (Å²) in [4.78, 5) is 19.4. The Hall–Kier alpha value is -3.25. The Labute approximate surface area is 229 Å². The van der Waals surface area contributed by atoms with Crippen molar-refractivity contribution in [2.75, 3.05) is 56.0 Å². The minimum absolute atomic E-state index is 0.0198. The monoisotopic (exact) mass is 541 g/mol. The highest BCUT2D eigenvalue weighted by atomic mass is 19.4. The van der Waals surface area contributed by atoms with Gasteiger partial charge in [-0.05, 0) is 54.2 Å². The van der Waals surface area contributed by atoms with Gasteiger partial charge in [-0.2, -0.15) is 18.4 Å². The minimum atomic E-state index is -4.58. The van der Waals surface area contributed by atoms with Crippen LogP contribution in [0, 0.1) is 11.3 Å². The zero-order valence-electron chi connectivity index (χ0n) is 23.0. The summed E-state index contributed by atoms with van der Waals surface area (Å²) in [5.74, 6) is 0.131. The fourth-order valence-corrected chi connectivity index (χ4v) is 5.29. The summed E-state index contributed by atoms with van der Waals surface area (Å²) in [6, 6.07) is 14.1. The number of benzene rings is 2. The number of hydrogen-bond donors (Lipinski definition) is 1. The van der Waals surface area contributed by atoms with Gasteiger partial charge in [-0.3, -0.25) is 9.69 Å². The molecule has 210 valence electrons. The molecule has 0 atom stereocenters.